The van der Waals surface area contributed by atoms with E-state index in [4.69, 9.17) is 5.11 Å². The number of hydrogen-bond acceptors (Lipinski definition) is 4. The van der Waals surface area contributed by atoms with Crippen LogP contribution in [0.3, 0.4) is 0 Å². The number of hydrogen-bond donors (Lipinski definition) is 1. The van der Waals surface area contributed by atoms with Crippen molar-refractivity contribution in [1.29, 1.82) is 0 Å². The first-order chi connectivity index (χ1) is 8.08. The lowest BCUT2D eigenvalue weighted by atomic mass is 10.5. The minimum Gasteiger partial charge on any atom is -0.477 e. The van der Waals surface area contributed by atoms with Crippen molar-refractivity contribution in [1.82, 2.24) is 4.90 Å². The highest BCUT2D eigenvalue weighted by Crippen LogP contribution is 2.25. The molecule has 0 bridgehead atoms. The lowest BCUT2D eigenvalue weighted by molar-refractivity contribution is -0.127. The monoisotopic (exact) mass is 273 g/mol. The summed E-state index contributed by atoms with van der Waals surface area (Å²) in [4.78, 5) is 25.3. The van der Waals surface area contributed by atoms with Crippen molar-refractivity contribution in [3.8, 4) is 0 Å². The molecule has 0 aliphatic heterocycles. The number of thiophene rings is 1. The summed E-state index contributed by atoms with van der Waals surface area (Å²) in [6, 6.07) is 1.60. The van der Waals surface area contributed by atoms with E-state index < -0.39 is 5.97 Å². The first kappa shape index (κ1) is 14.1. The molecular weight excluding hydrogens is 258 g/mol. The quantitative estimate of drug-likeness (QED) is 0.809. The number of aromatic carboxylic acids is 1. The van der Waals surface area contributed by atoms with Crippen molar-refractivity contribution in [3.05, 3.63) is 16.3 Å². The molecule has 1 rings (SSSR count). The van der Waals surface area contributed by atoms with Crippen LogP contribution in [0.15, 0.2) is 16.3 Å². The van der Waals surface area contributed by atoms with Crippen molar-refractivity contribution in [2.75, 3.05) is 18.8 Å². The van der Waals surface area contributed by atoms with E-state index in [0.717, 1.165) is 4.90 Å². The van der Waals surface area contributed by atoms with Crippen LogP contribution in [0.1, 0.15) is 23.5 Å². The van der Waals surface area contributed by atoms with E-state index in [2.05, 4.69) is 0 Å². The maximum atomic E-state index is 11.7. The van der Waals surface area contributed by atoms with E-state index in [1.165, 1.54) is 23.1 Å². The molecule has 0 saturated heterocycles. The van der Waals surface area contributed by atoms with Gasteiger partial charge in [-0.1, -0.05) is 0 Å². The summed E-state index contributed by atoms with van der Waals surface area (Å²) in [7, 11) is 0. The minimum absolute atomic E-state index is 0.0862. The minimum atomic E-state index is -0.920. The van der Waals surface area contributed by atoms with Crippen molar-refractivity contribution in [3.63, 3.8) is 0 Å². The third-order valence-corrected chi connectivity index (χ3v) is 4.29. The maximum absolute atomic E-state index is 11.7. The molecule has 0 fully saturated rings. The average Bonchev–Trinajstić information content (AvgIpc) is 2.76. The van der Waals surface area contributed by atoms with Crippen LogP contribution in [-0.4, -0.2) is 40.7 Å². The van der Waals surface area contributed by atoms with Gasteiger partial charge in [0.1, 0.15) is 4.88 Å². The Hall–Kier alpha value is -1.01. The Morgan fingerprint density at radius 3 is 2.53 bits per heavy atom. The molecule has 1 aromatic rings. The van der Waals surface area contributed by atoms with Gasteiger partial charge in [-0.2, -0.15) is 0 Å². The predicted octanol–water partition coefficient (Wildman–Crippen LogP) is 2.41. The third-order valence-electron chi connectivity index (χ3n) is 2.26. The van der Waals surface area contributed by atoms with Gasteiger partial charge in [-0.3, -0.25) is 4.79 Å². The Labute approximate surface area is 109 Å². The molecule has 0 aliphatic rings. The number of amides is 1. The molecule has 1 aromatic heterocycles. The Morgan fingerprint density at radius 1 is 1.41 bits per heavy atom. The van der Waals surface area contributed by atoms with Crippen molar-refractivity contribution in [2.45, 2.75) is 18.7 Å². The van der Waals surface area contributed by atoms with Crippen molar-refractivity contribution < 1.29 is 14.7 Å². The topological polar surface area (TPSA) is 57.6 Å². The zero-order chi connectivity index (χ0) is 12.8. The van der Waals surface area contributed by atoms with E-state index in [-0.39, 0.29) is 5.91 Å². The average molecular weight is 273 g/mol. The molecule has 4 nitrogen and oxygen atoms in total. The number of thioether (sulfide) groups is 1. The number of carbonyl (C=O) groups is 2. The van der Waals surface area contributed by atoms with E-state index in [1.807, 2.05) is 13.8 Å². The van der Waals surface area contributed by atoms with Crippen LogP contribution in [0.4, 0.5) is 0 Å². The lowest BCUT2D eigenvalue weighted by Crippen LogP contribution is -2.31. The van der Waals surface area contributed by atoms with E-state index in [0.29, 0.717) is 23.7 Å². The van der Waals surface area contributed by atoms with Crippen LogP contribution in [0.5, 0.6) is 0 Å². The second kappa shape index (κ2) is 6.66. The Kier molecular flexibility index (Phi) is 5.50. The summed E-state index contributed by atoms with van der Waals surface area (Å²) >= 11 is 2.57. The summed E-state index contributed by atoms with van der Waals surface area (Å²) in [6.45, 7) is 5.30. The zero-order valence-electron chi connectivity index (χ0n) is 9.80. The fourth-order valence-corrected chi connectivity index (χ4v) is 3.09. The van der Waals surface area contributed by atoms with Crippen LogP contribution >= 0.6 is 23.1 Å². The Balaban J connectivity index is 2.49. The van der Waals surface area contributed by atoms with Gasteiger partial charge in [-0.15, -0.1) is 23.1 Å². The molecule has 1 heterocycles. The molecule has 0 aliphatic carbocycles. The first-order valence-corrected chi connectivity index (χ1v) is 7.17. The highest BCUT2D eigenvalue weighted by Gasteiger charge is 2.12. The van der Waals surface area contributed by atoms with E-state index >= 15 is 0 Å². The van der Waals surface area contributed by atoms with Crippen LogP contribution in [-0.2, 0) is 4.79 Å². The lowest BCUT2D eigenvalue weighted by Gasteiger charge is -2.17. The Morgan fingerprint density at radius 2 is 2.06 bits per heavy atom. The van der Waals surface area contributed by atoms with Gasteiger partial charge in [-0.25, -0.2) is 4.79 Å². The molecule has 0 atom stereocenters. The molecule has 6 heteroatoms. The van der Waals surface area contributed by atoms with Gasteiger partial charge in [0.2, 0.25) is 5.91 Å². The van der Waals surface area contributed by atoms with Gasteiger partial charge in [0.05, 0.1) is 5.75 Å². The van der Waals surface area contributed by atoms with Crippen LogP contribution in [0.2, 0.25) is 0 Å². The standard InChI is InChI=1S/C11H15NO3S2/c1-3-12(4-2)10(13)7-16-8-5-9(11(14)15)17-6-8/h5-6H,3-4,7H2,1-2H3,(H,14,15). The van der Waals surface area contributed by atoms with Crippen LogP contribution in [0, 0.1) is 0 Å². The molecule has 0 aromatic carbocycles. The molecule has 1 amide bonds. The second-order valence-corrected chi connectivity index (χ2v) is 5.27. The molecule has 0 unspecified atom stereocenters. The van der Waals surface area contributed by atoms with E-state index in [9.17, 15) is 9.59 Å². The Bertz CT molecular complexity index is 399. The number of nitrogens with zero attached hydrogens (tertiary/aromatic N) is 1. The molecule has 94 valence electrons. The fourth-order valence-electron chi connectivity index (χ4n) is 1.32. The largest absolute Gasteiger partial charge is 0.477 e. The number of carboxylic acid groups (broad SMARTS) is 1. The molecule has 1 N–H and O–H groups in total. The smallest absolute Gasteiger partial charge is 0.345 e. The van der Waals surface area contributed by atoms with Crippen LogP contribution in [0.25, 0.3) is 0 Å². The molecular formula is C11H15NO3S2. The predicted molar refractivity (Wildman–Crippen MR) is 69.9 cm³/mol. The zero-order valence-corrected chi connectivity index (χ0v) is 11.4. The summed E-state index contributed by atoms with van der Waals surface area (Å²) in [6.07, 6.45) is 0. The third kappa shape index (κ3) is 4.05. The number of rotatable bonds is 6. The van der Waals surface area contributed by atoms with E-state index in [1.54, 1.807) is 16.3 Å². The van der Waals surface area contributed by atoms with Gasteiger partial charge in [0.25, 0.3) is 0 Å². The summed E-state index contributed by atoms with van der Waals surface area (Å²) in [5.41, 5.74) is 0. The maximum Gasteiger partial charge on any atom is 0.345 e. The molecule has 0 radical (unpaired) electrons. The molecule has 0 spiro atoms. The fraction of sp³-hybridized carbons (Fsp3) is 0.455. The van der Waals surface area contributed by atoms with Crippen molar-refractivity contribution in [2.24, 2.45) is 0 Å². The number of carbonyl (C=O) groups excluding carboxylic acids is 1. The van der Waals surface area contributed by atoms with Crippen molar-refractivity contribution >= 4 is 35.0 Å². The first-order valence-electron chi connectivity index (χ1n) is 5.30. The summed E-state index contributed by atoms with van der Waals surface area (Å²) in [5.74, 6) is -0.475. The van der Waals surface area contributed by atoms with Gasteiger partial charge in [-0.05, 0) is 19.9 Å². The normalized spacial score (nSPS) is 10.2. The highest BCUT2D eigenvalue weighted by molar-refractivity contribution is 8.00. The van der Waals surface area contributed by atoms with Gasteiger partial charge in [0.15, 0.2) is 0 Å². The van der Waals surface area contributed by atoms with Gasteiger partial charge < -0.3 is 10.0 Å². The molecule has 17 heavy (non-hydrogen) atoms. The number of carboxylic acids is 1. The molecule has 0 saturated carbocycles. The highest BCUT2D eigenvalue weighted by atomic mass is 32.2. The summed E-state index contributed by atoms with van der Waals surface area (Å²) < 4.78 is 0. The van der Waals surface area contributed by atoms with Gasteiger partial charge in [0, 0.05) is 23.4 Å². The second-order valence-electron chi connectivity index (χ2n) is 3.31. The van der Waals surface area contributed by atoms with Gasteiger partial charge >= 0.3 is 5.97 Å². The SMILES string of the molecule is CCN(CC)C(=O)CSc1csc(C(=O)O)c1. The summed E-state index contributed by atoms with van der Waals surface area (Å²) in [5, 5.41) is 10.5. The van der Waals surface area contributed by atoms with Crippen LogP contribution < -0.4 is 0 Å².